The van der Waals surface area contributed by atoms with Crippen LogP contribution < -0.4 is 4.90 Å². The van der Waals surface area contributed by atoms with Gasteiger partial charge in [0.25, 0.3) is 0 Å². The van der Waals surface area contributed by atoms with Gasteiger partial charge in [-0.1, -0.05) is 42.5 Å². The van der Waals surface area contributed by atoms with Gasteiger partial charge in [0.1, 0.15) is 29.9 Å². The first-order valence-electron chi connectivity index (χ1n) is 12.1. The molecule has 1 aromatic heterocycles. The molecule has 4 unspecified atom stereocenters. The molecule has 0 aliphatic carbocycles. The second-order valence-electron chi connectivity index (χ2n) is 9.37. The van der Waals surface area contributed by atoms with E-state index in [0.717, 1.165) is 5.56 Å². The maximum absolute atomic E-state index is 15.3. The molecule has 3 aromatic rings. The summed E-state index contributed by atoms with van der Waals surface area (Å²) in [4.78, 5) is 1.81. The number of sulfonamides is 1. The second-order valence-corrected chi connectivity index (χ2v) is 11.4. The fourth-order valence-corrected chi connectivity index (χ4v) is 7.44. The van der Waals surface area contributed by atoms with Gasteiger partial charge in [0, 0.05) is 30.4 Å². The predicted molar refractivity (Wildman–Crippen MR) is 134 cm³/mol. The molecule has 0 radical (unpaired) electrons. The van der Waals surface area contributed by atoms with Crippen LogP contribution in [0.5, 0.6) is 0 Å². The number of aromatic nitrogens is 3. The molecule has 2 saturated heterocycles. The van der Waals surface area contributed by atoms with Crippen LogP contribution in [0.4, 0.5) is 14.5 Å². The lowest BCUT2D eigenvalue weighted by Gasteiger charge is -2.38. The summed E-state index contributed by atoms with van der Waals surface area (Å²) in [5.74, 6) is -0.510. The Hall–Kier alpha value is -3.11. The van der Waals surface area contributed by atoms with Crippen molar-refractivity contribution in [3.05, 3.63) is 90.8 Å². The minimum absolute atomic E-state index is 0.0874. The van der Waals surface area contributed by atoms with Crippen LogP contribution in [0.3, 0.4) is 0 Å². The van der Waals surface area contributed by atoms with Crippen molar-refractivity contribution in [3.8, 4) is 0 Å². The SMILES string of the molecule is C=CC1CCC(c2ccccc2)S(=O)(=O)N1Cc1ccc(N2CCC(n3cnnc3)C(F)C2)cc1F. The smallest absolute Gasteiger partial charge is 0.222 e. The summed E-state index contributed by atoms with van der Waals surface area (Å²) in [5, 5.41) is 6.83. The molecule has 190 valence electrons. The molecule has 10 heteroatoms. The topological polar surface area (TPSA) is 71.3 Å². The van der Waals surface area contributed by atoms with E-state index in [1.54, 1.807) is 22.8 Å². The Morgan fingerprint density at radius 2 is 1.81 bits per heavy atom. The summed E-state index contributed by atoms with van der Waals surface area (Å²) >= 11 is 0. The van der Waals surface area contributed by atoms with Gasteiger partial charge in [0.2, 0.25) is 10.0 Å². The Morgan fingerprint density at radius 3 is 2.47 bits per heavy atom. The van der Waals surface area contributed by atoms with Crippen LogP contribution in [0.1, 0.15) is 41.7 Å². The molecule has 36 heavy (non-hydrogen) atoms. The largest absolute Gasteiger partial charge is 0.368 e. The Kier molecular flexibility index (Phi) is 6.90. The third kappa shape index (κ3) is 4.67. The van der Waals surface area contributed by atoms with Crippen LogP contribution in [-0.2, 0) is 16.6 Å². The van der Waals surface area contributed by atoms with Crippen LogP contribution in [0.25, 0.3) is 0 Å². The minimum atomic E-state index is -3.74. The summed E-state index contributed by atoms with van der Waals surface area (Å²) in [7, 11) is -3.74. The lowest BCUT2D eigenvalue weighted by molar-refractivity contribution is 0.199. The van der Waals surface area contributed by atoms with Gasteiger partial charge in [-0.3, -0.25) is 0 Å². The fraction of sp³-hybridized carbons (Fsp3) is 0.385. The average molecular weight is 514 g/mol. The summed E-state index contributed by atoms with van der Waals surface area (Å²) in [6.45, 7) is 4.41. The molecule has 2 aromatic carbocycles. The minimum Gasteiger partial charge on any atom is -0.368 e. The standard InChI is InChI=1S/C26H29F2N5O2S/c1-2-21-10-11-26(19-6-4-3-5-7-19)36(34,35)33(21)15-20-8-9-22(14-23(20)27)31-13-12-25(24(28)16-31)32-17-29-30-18-32/h2-9,14,17-18,21,24-26H,1,10-13,15-16H2. The van der Waals surface area contributed by atoms with Crippen molar-refractivity contribution >= 4 is 15.7 Å². The molecule has 5 rings (SSSR count). The molecule has 7 nitrogen and oxygen atoms in total. The maximum atomic E-state index is 15.3. The Morgan fingerprint density at radius 1 is 1.06 bits per heavy atom. The van der Waals surface area contributed by atoms with Gasteiger partial charge in [-0.05, 0) is 37.0 Å². The van der Waals surface area contributed by atoms with E-state index >= 15 is 4.39 Å². The number of anilines is 1. The van der Waals surface area contributed by atoms with E-state index in [9.17, 15) is 12.8 Å². The molecule has 0 spiro atoms. The van der Waals surface area contributed by atoms with Gasteiger partial charge in [-0.15, -0.1) is 16.8 Å². The van der Waals surface area contributed by atoms with E-state index < -0.39 is 33.3 Å². The molecule has 3 heterocycles. The number of hydrogen-bond donors (Lipinski definition) is 0. The van der Waals surface area contributed by atoms with Crippen LogP contribution in [0.2, 0.25) is 0 Å². The first-order chi connectivity index (χ1) is 17.4. The zero-order valence-electron chi connectivity index (χ0n) is 19.8. The number of rotatable bonds is 6. The van der Waals surface area contributed by atoms with Gasteiger partial charge in [-0.2, -0.15) is 4.31 Å². The Balaban J connectivity index is 1.34. The first-order valence-corrected chi connectivity index (χ1v) is 13.6. The summed E-state index contributed by atoms with van der Waals surface area (Å²) < 4.78 is 60.3. The maximum Gasteiger partial charge on any atom is 0.222 e. The molecule has 0 N–H and O–H groups in total. The van der Waals surface area contributed by atoms with E-state index in [2.05, 4.69) is 16.8 Å². The monoisotopic (exact) mass is 513 g/mol. The van der Waals surface area contributed by atoms with Crippen LogP contribution in [0, 0.1) is 5.82 Å². The lowest BCUT2D eigenvalue weighted by Crippen LogP contribution is -2.45. The lowest BCUT2D eigenvalue weighted by atomic mass is 10.0. The first kappa shape index (κ1) is 24.6. The van der Waals surface area contributed by atoms with E-state index in [-0.39, 0.29) is 24.7 Å². The molecule has 0 bridgehead atoms. The van der Waals surface area contributed by atoms with Gasteiger partial charge in [-0.25, -0.2) is 17.2 Å². The molecule has 2 fully saturated rings. The number of alkyl halides is 1. The Labute approximate surface area is 210 Å². The van der Waals surface area contributed by atoms with Crippen molar-refractivity contribution in [2.75, 3.05) is 18.0 Å². The van der Waals surface area contributed by atoms with Crippen molar-refractivity contribution in [2.24, 2.45) is 0 Å². The fourth-order valence-electron chi connectivity index (χ4n) is 5.29. The number of halogens is 2. The number of benzene rings is 2. The second kappa shape index (κ2) is 10.1. The molecular formula is C26H29F2N5O2S. The average Bonchev–Trinajstić information content (AvgIpc) is 3.41. The van der Waals surface area contributed by atoms with Gasteiger partial charge >= 0.3 is 0 Å². The summed E-state index contributed by atoms with van der Waals surface area (Å²) in [6.07, 6.45) is 5.11. The van der Waals surface area contributed by atoms with Crippen LogP contribution in [-0.4, -0.2) is 52.8 Å². The van der Waals surface area contributed by atoms with Gasteiger partial charge < -0.3 is 9.47 Å². The predicted octanol–water partition coefficient (Wildman–Crippen LogP) is 4.43. The zero-order valence-corrected chi connectivity index (χ0v) is 20.6. The molecular weight excluding hydrogens is 484 g/mol. The van der Waals surface area contributed by atoms with E-state index in [4.69, 9.17) is 0 Å². The van der Waals surface area contributed by atoms with Gasteiger partial charge in [0.15, 0.2) is 0 Å². The van der Waals surface area contributed by atoms with E-state index in [0.29, 0.717) is 31.5 Å². The quantitative estimate of drug-likeness (QED) is 0.456. The highest BCUT2D eigenvalue weighted by Crippen LogP contribution is 2.39. The third-order valence-corrected chi connectivity index (χ3v) is 9.56. The summed E-state index contributed by atoms with van der Waals surface area (Å²) in [6, 6.07) is 13.1. The number of nitrogens with zero attached hydrogens (tertiary/aromatic N) is 5. The van der Waals surface area contributed by atoms with Crippen molar-refractivity contribution in [1.82, 2.24) is 19.1 Å². The van der Waals surface area contributed by atoms with Crippen LogP contribution in [0.15, 0.2) is 73.8 Å². The highest BCUT2D eigenvalue weighted by Gasteiger charge is 2.41. The number of hydrogen-bond acceptors (Lipinski definition) is 5. The normalized spacial score (nSPS) is 26.6. The Bertz CT molecular complexity index is 1300. The molecule has 2 aliphatic heterocycles. The molecule has 0 saturated carbocycles. The van der Waals surface area contributed by atoms with Crippen molar-refractivity contribution in [1.29, 1.82) is 0 Å². The highest BCUT2D eigenvalue weighted by atomic mass is 32.2. The number of piperidine rings is 1. The van der Waals surface area contributed by atoms with E-state index in [1.807, 2.05) is 35.2 Å². The van der Waals surface area contributed by atoms with Crippen molar-refractivity contribution in [2.45, 2.75) is 49.3 Å². The van der Waals surface area contributed by atoms with Gasteiger partial charge in [0.05, 0.1) is 12.6 Å². The molecule has 2 aliphatic rings. The highest BCUT2D eigenvalue weighted by molar-refractivity contribution is 7.89. The zero-order chi connectivity index (χ0) is 25.3. The molecule has 0 amide bonds. The van der Waals surface area contributed by atoms with Crippen molar-refractivity contribution < 1.29 is 17.2 Å². The molecule has 4 atom stereocenters. The van der Waals surface area contributed by atoms with Crippen molar-refractivity contribution in [3.63, 3.8) is 0 Å². The third-order valence-electron chi connectivity index (χ3n) is 7.28. The van der Waals surface area contributed by atoms with E-state index in [1.165, 1.54) is 23.0 Å². The summed E-state index contributed by atoms with van der Waals surface area (Å²) in [5.41, 5.74) is 1.58. The van der Waals surface area contributed by atoms with Crippen LogP contribution >= 0.6 is 0 Å².